The van der Waals surface area contributed by atoms with Gasteiger partial charge in [-0.25, -0.2) is 12.8 Å². The predicted octanol–water partition coefficient (Wildman–Crippen LogP) is 3.07. The number of hydrogen-bond acceptors (Lipinski definition) is 6. The van der Waals surface area contributed by atoms with Gasteiger partial charge in [-0.3, -0.25) is 4.79 Å². The molecule has 128 valence electrons. The smallest absolute Gasteiger partial charge is 0.286 e. The number of anilines is 1. The van der Waals surface area contributed by atoms with Gasteiger partial charge in [0.05, 0.1) is 4.90 Å². The van der Waals surface area contributed by atoms with Gasteiger partial charge in [0.15, 0.2) is 0 Å². The van der Waals surface area contributed by atoms with Gasteiger partial charge in [-0.2, -0.15) is 0 Å². The molecule has 3 aromatic rings. The van der Waals surface area contributed by atoms with E-state index in [9.17, 15) is 17.6 Å². The molecule has 0 saturated carbocycles. The van der Waals surface area contributed by atoms with Crippen LogP contribution >= 0.6 is 11.3 Å². The summed E-state index contributed by atoms with van der Waals surface area (Å²) in [5, 5.41) is 9.67. The minimum absolute atomic E-state index is 0.0831. The highest BCUT2D eigenvalue weighted by atomic mass is 32.2. The van der Waals surface area contributed by atoms with Crippen LogP contribution < -0.4 is 5.32 Å². The third-order valence-corrected chi connectivity index (χ3v) is 6.32. The number of sulfone groups is 1. The summed E-state index contributed by atoms with van der Waals surface area (Å²) in [6, 6.07) is 11.5. The van der Waals surface area contributed by atoms with Gasteiger partial charge in [-0.15, -0.1) is 10.2 Å². The van der Waals surface area contributed by atoms with Crippen LogP contribution in [0.25, 0.3) is 0 Å². The van der Waals surface area contributed by atoms with Crippen LogP contribution in [0.4, 0.5) is 10.1 Å². The van der Waals surface area contributed by atoms with E-state index in [1.165, 1.54) is 36.4 Å². The molecule has 0 fully saturated rings. The first-order chi connectivity index (χ1) is 11.9. The lowest BCUT2D eigenvalue weighted by atomic mass is 10.2. The second-order valence-corrected chi connectivity index (χ2v) is 8.25. The maximum absolute atomic E-state index is 12.9. The average molecular weight is 377 g/mol. The molecule has 1 aromatic heterocycles. The largest absolute Gasteiger partial charge is 0.320 e. The maximum Gasteiger partial charge on any atom is 0.286 e. The first-order valence-electron chi connectivity index (χ1n) is 7.08. The Balaban J connectivity index is 1.82. The molecule has 9 heteroatoms. The van der Waals surface area contributed by atoms with Gasteiger partial charge in [-0.05, 0) is 43.3 Å². The van der Waals surface area contributed by atoms with Gasteiger partial charge in [0.2, 0.25) is 19.2 Å². The number of carbonyl (C=O) groups excluding carboxylic acids is 1. The Hall–Kier alpha value is -2.65. The van der Waals surface area contributed by atoms with Gasteiger partial charge in [0.25, 0.3) is 5.91 Å². The van der Waals surface area contributed by atoms with E-state index >= 15 is 0 Å². The highest BCUT2D eigenvalue weighted by molar-refractivity contribution is 7.93. The summed E-state index contributed by atoms with van der Waals surface area (Å²) in [5.41, 5.74) is 1.29. The molecule has 1 heterocycles. The van der Waals surface area contributed by atoms with Crippen molar-refractivity contribution in [1.82, 2.24) is 10.2 Å². The minimum atomic E-state index is -3.83. The third-order valence-electron chi connectivity index (χ3n) is 3.26. The molecular weight excluding hydrogens is 365 g/mol. The van der Waals surface area contributed by atoms with Crippen molar-refractivity contribution in [2.45, 2.75) is 16.2 Å². The molecule has 0 aliphatic carbocycles. The zero-order valence-corrected chi connectivity index (χ0v) is 14.6. The van der Waals surface area contributed by atoms with Crippen LogP contribution in [0.2, 0.25) is 0 Å². The number of nitrogens with one attached hydrogen (secondary N) is 1. The lowest BCUT2D eigenvalue weighted by Crippen LogP contribution is -2.11. The normalized spacial score (nSPS) is 11.3. The number of benzene rings is 2. The molecule has 2 aromatic carbocycles. The van der Waals surface area contributed by atoms with Crippen LogP contribution in [-0.2, 0) is 9.84 Å². The molecule has 25 heavy (non-hydrogen) atoms. The second kappa shape index (κ2) is 6.69. The fourth-order valence-electron chi connectivity index (χ4n) is 1.95. The number of aryl methyl sites for hydroxylation is 1. The molecule has 0 saturated heterocycles. The number of amides is 1. The first-order valence-corrected chi connectivity index (χ1v) is 9.38. The zero-order valence-electron chi connectivity index (χ0n) is 12.9. The zero-order chi connectivity index (χ0) is 18.0. The Bertz CT molecular complexity index is 1010. The van der Waals surface area contributed by atoms with Crippen molar-refractivity contribution >= 4 is 32.8 Å². The Morgan fingerprint density at radius 3 is 2.32 bits per heavy atom. The standard InChI is InChI=1S/C16H12FN3O3S2/c1-10-2-8-13(9-3-10)25(22,23)16-20-19-15(24-16)14(21)18-12-6-4-11(17)5-7-12/h2-9H,1H3,(H,18,21). The highest BCUT2D eigenvalue weighted by Gasteiger charge is 2.24. The predicted molar refractivity (Wildman–Crippen MR) is 90.9 cm³/mol. The van der Waals surface area contributed by atoms with E-state index in [1.807, 2.05) is 6.92 Å². The van der Waals surface area contributed by atoms with Crippen molar-refractivity contribution in [2.24, 2.45) is 0 Å². The molecule has 1 N–H and O–H groups in total. The number of hydrogen-bond donors (Lipinski definition) is 1. The van der Waals surface area contributed by atoms with Crippen LogP contribution in [0.3, 0.4) is 0 Å². The van der Waals surface area contributed by atoms with Crippen LogP contribution in [-0.4, -0.2) is 24.5 Å². The van der Waals surface area contributed by atoms with Crippen molar-refractivity contribution in [3.05, 3.63) is 64.9 Å². The highest BCUT2D eigenvalue weighted by Crippen LogP contribution is 2.24. The molecule has 3 rings (SSSR count). The van der Waals surface area contributed by atoms with Crippen molar-refractivity contribution in [3.8, 4) is 0 Å². The topological polar surface area (TPSA) is 89.0 Å². The monoisotopic (exact) mass is 377 g/mol. The third kappa shape index (κ3) is 3.72. The summed E-state index contributed by atoms with van der Waals surface area (Å²) in [5.74, 6) is -1.05. The molecule has 0 spiro atoms. The van der Waals surface area contributed by atoms with E-state index in [0.29, 0.717) is 17.0 Å². The average Bonchev–Trinajstić information content (AvgIpc) is 3.08. The molecule has 0 aliphatic heterocycles. The van der Waals surface area contributed by atoms with E-state index < -0.39 is 21.6 Å². The number of aromatic nitrogens is 2. The van der Waals surface area contributed by atoms with Gasteiger partial charge >= 0.3 is 0 Å². The SMILES string of the molecule is Cc1ccc(S(=O)(=O)c2nnc(C(=O)Nc3ccc(F)cc3)s2)cc1. The maximum atomic E-state index is 12.9. The van der Waals surface area contributed by atoms with E-state index in [4.69, 9.17) is 0 Å². The van der Waals surface area contributed by atoms with E-state index in [2.05, 4.69) is 15.5 Å². The summed E-state index contributed by atoms with van der Waals surface area (Å²) in [6.45, 7) is 1.85. The van der Waals surface area contributed by atoms with E-state index in [1.54, 1.807) is 12.1 Å². The molecular formula is C16H12FN3O3S2. The second-order valence-electron chi connectivity index (χ2n) is 5.15. The van der Waals surface area contributed by atoms with Crippen LogP contribution in [0, 0.1) is 12.7 Å². The molecule has 0 atom stereocenters. The van der Waals surface area contributed by atoms with Crippen LogP contribution in [0.15, 0.2) is 57.8 Å². The molecule has 0 bridgehead atoms. The van der Waals surface area contributed by atoms with Crippen molar-refractivity contribution in [3.63, 3.8) is 0 Å². The first kappa shape index (κ1) is 17.2. The minimum Gasteiger partial charge on any atom is -0.320 e. The Morgan fingerprint density at radius 2 is 1.68 bits per heavy atom. The van der Waals surface area contributed by atoms with E-state index in [-0.39, 0.29) is 14.2 Å². The van der Waals surface area contributed by atoms with Gasteiger partial charge in [-0.1, -0.05) is 29.0 Å². The number of nitrogens with zero attached hydrogens (tertiary/aromatic N) is 2. The molecule has 1 amide bonds. The number of rotatable bonds is 4. The van der Waals surface area contributed by atoms with Gasteiger partial charge in [0, 0.05) is 5.69 Å². The van der Waals surface area contributed by atoms with E-state index in [0.717, 1.165) is 5.56 Å². The molecule has 0 radical (unpaired) electrons. The van der Waals surface area contributed by atoms with Crippen molar-refractivity contribution in [2.75, 3.05) is 5.32 Å². The number of carbonyl (C=O) groups is 1. The van der Waals surface area contributed by atoms with Crippen molar-refractivity contribution in [1.29, 1.82) is 0 Å². The van der Waals surface area contributed by atoms with Crippen LogP contribution in [0.1, 0.15) is 15.4 Å². The fourth-order valence-corrected chi connectivity index (χ4v) is 4.23. The Kier molecular flexibility index (Phi) is 4.60. The Labute approximate surface area is 147 Å². The lowest BCUT2D eigenvalue weighted by Gasteiger charge is -2.02. The summed E-state index contributed by atoms with van der Waals surface area (Å²) >= 11 is 0.673. The van der Waals surface area contributed by atoms with Gasteiger partial charge in [0.1, 0.15) is 5.82 Å². The summed E-state index contributed by atoms with van der Waals surface area (Å²) < 4.78 is 37.6. The lowest BCUT2D eigenvalue weighted by molar-refractivity contribution is 0.102. The summed E-state index contributed by atoms with van der Waals surface area (Å²) in [4.78, 5) is 12.2. The molecule has 6 nitrogen and oxygen atoms in total. The quantitative estimate of drug-likeness (QED) is 0.755. The van der Waals surface area contributed by atoms with Crippen molar-refractivity contribution < 1.29 is 17.6 Å². The summed E-state index contributed by atoms with van der Waals surface area (Å²) in [7, 11) is -3.83. The number of halogens is 1. The van der Waals surface area contributed by atoms with Gasteiger partial charge < -0.3 is 5.32 Å². The summed E-state index contributed by atoms with van der Waals surface area (Å²) in [6.07, 6.45) is 0. The molecule has 0 unspecified atom stereocenters. The van der Waals surface area contributed by atoms with Crippen LogP contribution in [0.5, 0.6) is 0 Å². The Morgan fingerprint density at radius 1 is 1.04 bits per heavy atom. The fraction of sp³-hybridized carbons (Fsp3) is 0.0625. The molecule has 0 aliphatic rings.